The maximum absolute atomic E-state index is 12.5. The zero-order valence-corrected chi connectivity index (χ0v) is 15.4. The molecule has 1 aromatic rings. The minimum Gasteiger partial charge on any atom is -0.379 e. The maximum Gasteiger partial charge on any atom is 0.322 e. The topological polar surface area (TPSA) is 65.9 Å². The van der Waals surface area contributed by atoms with Crippen molar-refractivity contribution >= 4 is 11.7 Å². The minimum absolute atomic E-state index is 0.0217. The Morgan fingerprint density at radius 1 is 1.12 bits per heavy atom. The first-order chi connectivity index (χ1) is 12.2. The van der Waals surface area contributed by atoms with Crippen LogP contribution in [0.25, 0.3) is 0 Å². The Bertz CT molecular complexity index is 561. The summed E-state index contributed by atoms with van der Waals surface area (Å²) in [6.45, 7) is 14.1. The van der Waals surface area contributed by atoms with Crippen LogP contribution >= 0.6 is 0 Å². The standard InChI is InChI=1S/C17H30N6O2/c1-3-23-14-16(15(2)19-23)18-17(24)22-8-6-20(7-9-22)4-5-21-10-12-25-13-11-21/h14H,3-13H2,1-2H3,(H,18,24). The molecule has 2 fully saturated rings. The molecule has 2 aliphatic rings. The van der Waals surface area contributed by atoms with Gasteiger partial charge in [-0.05, 0) is 13.8 Å². The van der Waals surface area contributed by atoms with Gasteiger partial charge in [0.1, 0.15) is 0 Å². The number of nitrogens with one attached hydrogen (secondary N) is 1. The lowest BCUT2D eigenvalue weighted by atomic mass is 10.3. The third kappa shape index (κ3) is 4.93. The first kappa shape index (κ1) is 18.2. The van der Waals surface area contributed by atoms with E-state index in [2.05, 4.69) is 20.2 Å². The molecule has 0 saturated carbocycles. The molecule has 25 heavy (non-hydrogen) atoms. The fraction of sp³-hybridized carbons (Fsp3) is 0.765. The summed E-state index contributed by atoms with van der Waals surface area (Å²) in [4.78, 5) is 19.3. The van der Waals surface area contributed by atoms with Crippen LogP contribution in [0.3, 0.4) is 0 Å². The van der Waals surface area contributed by atoms with E-state index >= 15 is 0 Å². The van der Waals surface area contributed by atoms with E-state index < -0.39 is 0 Å². The van der Waals surface area contributed by atoms with Crippen LogP contribution in [0, 0.1) is 6.92 Å². The van der Waals surface area contributed by atoms with Crippen molar-refractivity contribution in [2.75, 3.05) is 70.9 Å². The number of aryl methyl sites for hydroxylation is 2. The number of piperazine rings is 1. The Hall–Kier alpha value is -1.64. The third-order valence-corrected chi connectivity index (χ3v) is 5.01. The quantitative estimate of drug-likeness (QED) is 0.847. The molecule has 0 unspecified atom stereocenters. The summed E-state index contributed by atoms with van der Waals surface area (Å²) in [7, 11) is 0. The lowest BCUT2D eigenvalue weighted by molar-refractivity contribution is 0.0311. The van der Waals surface area contributed by atoms with E-state index in [0.29, 0.717) is 0 Å². The summed E-state index contributed by atoms with van der Waals surface area (Å²) in [5.41, 5.74) is 1.67. The van der Waals surface area contributed by atoms with Crippen molar-refractivity contribution in [1.29, 1.82) is 0 Å². The van der Waals surface area contributed by atoms with Crippen molar-refractivity contribution in [3.05, 3.63) is 11.9 Å². The van der Waals surface area contributed by atoms with Gasteiger partial charge in [-0.15, -0.1) is 0 Å². The number of hydrogen-bond donors (Lipinski definition) is 1. The van der Waals surface area contributed by atoms with Crippen molar-refractivity contribution in [3.8, 4) is 0 Å². The van der Waals surface area contributed by atoms with Crippen molar-refractivity contribution in [2.24, 2.45) is 0 Å². The lowest BCUT2D eigenvalue weighted by Crippen LogP contribution is -2.51. The molecule has 3 rings (SSSR count). The van der Waals surface area contributed by atoms with E-state index in [1.54, 1.807) is 0 Å². The molecule has 0 atom stereocenters. The van der Waals surface area contributed by atoms with Gasteiger partial charge in [-0.1, -0.05) is 0 Å². The Morgan fingerprint density at radius 3 is 2.36 bits per heavy atom. The first-order valence-corrected chi connectivity index (χ1v) is 9.28. The van der Waals surface area contributed by atoms with E-state index in [0.717, 1.165) is 83.5 Å². The average molecular weight is 350 g/mol. The van der Waals surface area contributed by atoms with Crippen LogP contribution in [0.15, 0.2) is 6.20 Å². The van der Waals surface area contributed by atoms with Gasteiger partial charge < -0.3 is 15.0 Å². The predicted octanol–water partition coefficient (Wildman–Crippen LogP) is 0.693. The van der Waals surface area contributed by atoms with Crippen LogP contribution < -0.4 is 5.32 Å². The predicted molar refractivity (Wildman–Crippen MR) is 96.9 cm³/mol. The molecule has 1 aromatic heterocycles. The molecule has 0 spiro atoms. The van der Waals surface area contributed by atoms with Crippen LogP contribution in [-0.2, 0) is 11.3 Å². The summed E-state index contributed by atoms with van der Waals surface area (Å²) in [5.74, 6) is 0. The van der Waals surface area contributed by atoms with E-state index in [4.69, 9.17) is 4.74 Å². The minimum atomic E-state index is -0.0217. The molecule has 1 N–H and O–H groups in total. The van der Waals surface area contributed by atoms with Gasteiger partial charge in [0.15, 0.2) is 0 Å². The summed E-state index contributed by atoms with van der Waals surface area (Å²) >= 11 is 0. The third-order valence-electron chi connectivity index (χ3n) is 5.01. The molecule has 0 aliphatic carbocycles. The highest BCUT2D eigenvalue weighted by Crippen LogP contribution is 2.14. The van der Waals surface area contributed by atoms with Crippen molar-refractivity contribution < 1.29 is 9.53 Å². The Labute approximate surface area is 149 Å². The monoisotopic (exact) mass is 350 g/mol. The van der Waals surface area contributed by atoms with Gasteiger partial charge in [-0.25, -0.2) is 4.79 Å². The largest absolute Gasteiger partial charge is 0.379 e. The number of carbonyl (C=O) groups excluding carboxylic acids is 1. The maximum atomic E-state index is 12.5. The fourth-order valence-electron chi connectivity index (χ4n) is 3.28. The molecule has 8 heteroatoms. The van der Waals surface area contributed by atoms with Gasteiger partial charge in [-0.2, -0.15) is 5.10 Å². The number of aromatic nitrogens is 2. The Morgan fingerprint density at radius 2 is 1.76 bits per heavy atom. The van der Waals surface area contributed by atoms with Gasteiger partial charge in [0.2, 0.25) is 0 Å². The zero-order valence-electron chi connectivity index (χ0n) is 15.4. The zero-order chi connectivity index (χ0) is 17.6. The lowest BCUT2D eigenvalue weighted by Gasteiger charge is -2.36. The SMILES string of the molecule is CCn1cc(NC(=O)N2CCN(CCN3CCOCC3)CC2)c(C)n1. The summed E-state index contributed by atoms with van der Waals surface area (Å²) in [6.07, 6.45) is 1.89. The second-order valence-corrected chi connectivity index (χ2v) is 6.70. The highest BCUT2D eigenvalue weighted by molar-refractivity contribution is 5.89. The van der Waals surface area contributed by atoms with Crippen molar-refractivity contribution in [1.82, 2.24) is 24.5 Å². The molecule has 140 valence electrons. The number of hydrogen-bond acceptors (Lipinski definition) is 5. The number of anilines is 1. The molecule has 0 aromatic carbocycles. The number of urea groups is 1. The van der Waals surface area contributed by atoms with Gasteiger partial charge in [-0.3, -0.25) is 14.5 Å². The fourth-order valence-corrected chi connectivity index (χ4v) is 3.28. The summed E-state index contributed by atoms with van der Waals surface area (Å²) < 4.78 is 7.23. The molecule has 0 bridgehead atoms. The van der Waals surface area contributed by atoms with Gasteiger partial charge in [0, 0.05) is 65.1 Å². The van der Waals surface area contributed by atoms with Crippen molar-refractivity contribution in [2.45, 2.75) is 20.4 Å². The van der Waals surface area contributed by atoms with E-state index in [1.165, 1.54) is 0 Å². The Balaban J connectivity index is 1.40. The second-order valence-electron chi connectivity index (χ2n) is 6.70. The number of carbonyl (C=O) groups is 1. The van der Waals surface area contributed by atoms with Crippen molar-refractivity contribution in [3.63, 3.8) is 0 Å². The van der Waals surface area contributed by atoms with E-state index in [1.807, 2.05) is 29.6 Å². The highest BCUT2D eigenvalue weighted by Gasteiger charge is 2.22. The molecule has 8 nitrogen and oxygen atoms in total. The number of ether oxygens (including phenoxy) is 1. The van der Waals surface area contributed by atoms with Crippen LogP contribution in [0.5, 0.6) is 0 Å². The first-order valence-electron chi connectivity index (χ1n) is 9.28. The number of amides is 2. The number of nitrogens with zero attached hydrogens (tertiary/aromatic N) is 5. The molecule has 0 radical (unpaired) electrons. The molecule has 2 amide bonds. The van der Waals surface area contributed by atoms with Crippen LogP contribution in [0.2, 0.25) is 0 Å². The van der Waals surface area contributed by atoms with Gasteiger partial charge in [0.05, 0.1) is 24.6 Å². The van der Waals surface area contributed by atoms with E-state index in [9.17, 15) is 4.79 Å². The Kier molecular flexibility index (Phi) is 6.28. The van der Waals surface area contributed by atoms with Crippen LogP contribution in [0.4, 0.5) is 10.5 Å². The van der Waals surface area contributed by atoms with Gasteiger partial charge in [0.25, 0.3) is 0 Å². The number of rotatable bonds is 5. The summed E-state index contributed by atoms with van der Waals surface area (Å²) in [6, 6.07) is -0.0217. The molecule has 2 saturated heterocycles. The number of morpholine rings is 1. The normalized spacial score (nSPS) is 20.0. The highest BCUT2D eigenvalue weighted by atomic mass is 16.5. The molecular weight excluding hydrogens is 320 g/mol. The van der Waals surface area contributed by atoms with Crippen LogP contribution in [0.1, 0.15) is 12.6 Å². The average Bonchev–Trinajstić information content (AvgIpc) is 3.01. The van der Waals surface area contributed by atoms with E-state index in [-0.39, 0.29) is 6.03 Å². The van der Waals surface area contributed by atoms with Crippen LogP contribution in [-0.4, -0.2) is 96.1 Å². The smallest absolute Gasteiger partial charge is 0.322 e. The van der Waals surface area contributed by atoms with Gasteiger partial charge >= 0.3 is 6.03 Å². The molecule has 3 heterocycles. The second kappa shape index (κ2) is 8.64. The summed E-state index contributed by atoms with van der Waals surface area (Å²) in [5, 5.41) is 7.37. The molecule has 2 aliphatic heterocycles. The molecular formula is C17H30N6O2.